The van der Waals surface area contributed by atoms with Crippen LogP contribution in [-0.2, 0) is 11.3 Å². The predicted molar refractivity (Wildman–Crippen MR) is 84.1 cm³/mol. The summed E-state index contributed by atoms with van der Waals surface area (Å²) in [4.78, 5) is 0. The summed E-state index contributed by atoms with van der Waals surface area (Å²) in [5.74, 6) is 0.499. The van der Waals surface area contributed by atoms with Gasteiger partial charge >= 0.3 is 11.3 Å². The Hall–Kier alpha value is -1.53. The number of rotatable bonds is 4. The fraction of sp³-hybridized carbons (Fsp3) is 0.143. The van der Waals surface area contributed by atoms with Crippen LogP contribution in [0.3, 0.4) is 0 Å². The molecule has 1 atom stereocenters. The zero-order valence-corrected chi connectivity index (χ0v) is 13.4. The maximum atomic E-state index is 11.9. The quantitative estimate of drug-likeness (QED) is 0.819. The molecule has 0 radical (unpaired) electrons. The number of benzene rings is 2. The van der Waals surface area contributed by atoms with Gasteiger partial charge < -0.3 is 9.29 Å². The van der Waals surface area contributed by atoms with Gasteiger partial charge in [0, 0.05) is 0 Å². The van der Waals surface area contributed by atoms with Gasteiger partial charge in [0.25, 0.3) is 0 Å². The van der Waals surface area contributed by atoms with Gasteiger partial charge in [-0.25, -0.2) is 0 Å². The van der Waals surface area contributed by atoms with Crippen LogP contribution in [0, 0.1) is 13.8 Å². The molecule has 4 nitrogen and oxygen atoms in total. The van der Waals surface area contributed by atoms with E-state index in [-0.39, 0.29) is 5.75 Å². The van der Waals surface area contributed by atoms with E-state index in [0.717, 1.165) is 11.1 Å². The van der Waals surface area contributed by atoms with Crippen molar-refractivity contribution in [1.29, 1.82) is 0 Å². The molecule has 0 spiro atoms. The molecule has 0 heterocycles. The fourth-order valence-electron chi connectivity index (χ4n) is 1.61. The largest absolute Gasteiger partial charge is 0.505 e. The van der Waals surface area contributed by atoms with E-state index in [0.29, 0.717) is 15.9 Å². The number of anilines is 1. The summed E-state index contributed by atoms with van der Waals surface area (Å²) in [6, 6.07) is 10.6. The van der Waals surface area contributed by atoms with Crippen LogP contribution in [0.15, 0.2) is 40.9 Å². The molecular weight excluding hydrogens is 342 g/mol. The SMILES string of the molecule is Cc1cc(NS(=O)Oc2ccccc2)c(O)c(Br)c1C. The van der Waals surface area contributed by atoms with Gasteiger partial charge in [0.05, 0.1) is 10.2 Å². The van der Waals surface area contributed by atoms with E-state index < -0.39 is 11.3 Å². The van der Waals surface area contributed by atoms with E-state index in [1.54, 1.807) is 30.3 Å². The van der Waals surface area contributed by atoms with E-state index in [2.05, 4.69) is 20.7 Å². The highest BCUT2D eigenvalue weighted by Gasteiger charge is 2.13. The Morgan fingerprint density at radius 2 is 1.90 bits per heavy atom. The lowest BCUT2D eigenvalue weighted by atomic mass is 10.1. The summed E-state index contributed by atoms with van der Waals surface area (Å²) >= 11 is 1.52. The van der Waals surface area contributed by atoms with Crippen LogP contribution in [0.25, 0.3) is 0 Å². The lowest BCUT2D eigenvalue weighted by Crippen LogP contribution is -2.11. The maximum Gasteiger partial charge on any atom is 0.316 e. The maximum absolute atomic E-state index is 11.9. The third-order valence-electron chi connectivity index (χ3n) is 2.85. The summed E-state index contributed by atoms with van der Waals surface area (Å²) in [6.45, 7) is 3.80. The van der Waals surface area contributed by atoms with Crippen molar-refractivity contribution in [3.05, 3.63) is 52.0 Å². The van der Waals surface area contributed by atoms with Crippen molar-refractivity contribution < 1.29 is 13.5 Å². The molecule has 0 aromatic heterocycles. The second kappa shape index (κ2) is 6.28. The lowest BCUT2D eigenvalue weighted by Gasteiger charge is -2.13. The summed E-state index contributed by atoms with van der Waals surface area (Å²) in [7, 11) is 0. The van der Waals surface area contributed by atoms with Gasteiger partial charge in [-0.05, 0) is 59.1 Å². The topological polar surface area (TPSA) is 58.6 Å². The Morgan fingerprint density at radius 1 is 1.25 bits per heavy atom. The second-order valence-electron chi connectivity index (χ2n) is 4.26. The van der Waals surface area contributed by atoms with Crippen LogP contribution in [0.5, 0.6) is 11.5 Å². The van der Waals surface area contributed by atoms with Gasteiger partial charge in [0.2, 0.25) is 0 Å². The van der Waals surface area contributed by atoms with E-state index in [4.69, 9.17) is 4.18 Å². The fourth-order valence-corrected chi connectivity index (χ4v) is 2.80. The number of aromatic hydroxyl groups is 1. The van der Waals surface area contributed by atoms with Crippen LogP contribution < -0.4 is 8.91 Å². The van der Waals surface area contributed by atoms with E-state index in [1.807, 2.05) is 19.9 Å². The Labute approximate surface area is 128 Å². The van der Waals surface area contributed by atoms with Crippen LogP contribution in [0.2, 0.25) is 0 Å². The van der Waals surface area contributed by atoms with Gasteiger partial charge in [-0.3, -0.25) is 4.72 Å². The van der Waals surface area contributed by atoms with Crippen LogP contribution in [0.4, 0.5) is 5.69 Å². The van der Waals surface area contributed by atoms with Crippen molar-refractivity contribution in [2.75, 3.05) is 4.72 Å². The number of halogens is 1. The molecular formula is C14H14BrNO3S. The number of phenolic OH excluding ortho intramolecular Hbond substituents is 1. The number of nitrogens with one attached hydrogen (secondary N) is 1. The molecule has 0 aliphatic carbocycles. The number of hydrogen-bond acceptors (Lipinski definition) is 3. The molecule has 2 aromatic carbocycles. The molecule has 6 heteroatoms. The Bertz CT molecular complexity index is 647. The smallest absolute Gasteiger partial charge is 0.316 e. The van der Waals surface area contributed by atoms with Gasteiger partial charge in [-0.1, -0.05) is 18.2 Å². The monoisotopic (exact) mass is 355 g/mol. The average molecular weight is 356 g/mol. The average Bonchev–Trinajstić information content (AvgIpc) is 2.43. The minimum absolute atomic E-state index is 0.0121. The lowest BCUT2D eigenvalue weighted by molar-refractivity contribution is 0.473. The standard InChI is InChI=1S/C14H14BrNO3S/c1-9-8-12(14(17)13(15)10(9)2)16-20(18)19-11-6-4-3-5-7-11/h3-8,16-17H,1-2H3. The Balaban J connectivity index is 2.16. The van der Waals surface area contributed by atoms with Crippen molar-refractivity contribution in [3.63, 3.8) is 0 Å². The molecule has 0 saturated carbocycles. The number of phenols is 1. The van der Waals surface area contributed by atoms with E-state index in [9.17, 15) is 9.32 Å². The van der Waals surface area contributed by atoms with Crippen LogP contribution in [-0.4, -0.2) is 9.32 Å². The molecule has 0 fully saturated rings. The molecule has 20 heavy (non-hydrogen) atoms. The van der Waals surface area contributed by atoms with Crippen molar-refractivity contribution in [2.24, 2.45) is 0 Å². The minimum atomic E-state index is -1.79. The number of para-hydroxylation sites is 1. The molecule has 0 bridgehead atoms. The Kier molecular flexibility index (Phi) is 4.67. The van der Waals surface area contributed by atoms with Crippen molar-refractivity contribution >= 4 is 32.9 Å². The highest BCUT2D eigenvalue weighted by molar-refractivity contribution is 9.10. The van der Waals surface area contributed by atoms with Gasteiger partial charge in [0.1, 0.15) is 5.75 Å². The van der Waals surface area contributed by atoms with Crippen LogP contribution >= 0.6 is 15.9 Å². The molecule has 0 amide bonds. The molecule has 2 rings (SSSR count). The normalized spacial score (nSPS) is 11.9. The third-order valence-corrected chi connectivity index (χ3v) is 4.55. The molecule has 2 aromatic rings. The van der Waals surface area contributed by atoms with Gasteiger partial charge in [0.15, 0.2) is 5.75 Å². The van der Waals surface area contributed by atoms with E-state index in [1.165, 1.54) is 0 Å². The van der Waals surface area contributed by atoms with Gasteiger partial charge in [-0.2, -0.15) is 4.21 Å². The van der Waals surface area contributed by atoms with E-state index >= 15 is 0 Å². The predicted octanol–water partition coefficient (Wildman–Crippen LogP) is 3.84. The molecule has 0 aliphatic rings. The molecule has 106 valence electrons. The third kappa shape index (κ3) is 3.32. The first-order valence-corrected chi connectivity index (χ1v) is 7.76. The highest BCUT2D eigenvalue weighted by atomic mass is 79.9. The molecule has 0 aliphatic heterocycles. The summed E-state index contributed by atoms with van der Waals surface area (Å²) < 4.78 is 20.3. The van der Waals surface area contributed by atoms with Crippen molar-refractivity contribution in [1.82, 2.24) is 0 Å². The second-order valence-corrected chi connectivity index (χ2v) is 5.89. The molecule has 1 unspecified atom stereocenters. The first kappa shape index (κ1) is 14.9. The zero-order valence-electron chi connectivity index (χ0n) is 11.0. The highest BCUT2D eigenvalue weighted by Crippen LogP contribution is 2.37. The minimum Gasteiger partial charge on any atom is -0.505 e. The number of aryl methyl sites for hydroxylation is 1. The zero-order chi connectivity index (χ0) is 14.7. The number of hydrogen-bond donors (Lipinski definition) is 2. The van der Waals surface area contributed by atoms with Crippen molar-refractivity contribution in [2.45, 2.75) is 13.8 Å². The van der Waals surface area contributed by atoms with Gasteiger partial charge in [-0.15, -0.1) is 0 Å². The first-order chi connectivity index (χ1) is 9.49. The molecule has 2 N–H and O–H groups in total. The Morgan fingerprint density at radius 3 is 2.55 bits per heavy atom. The summed E-state index contributed by atoms with van der Waals surface area (Å²) in [5.41, 5.74) is 2.26. The molecule has 0 saturated heterocycles. The summed E-state index contributed by atoms with van der Waals surface area (Å²) in [5, 5.41) is 10.0. The summed E-state index contributed by atoms with van der Waals surface area (Å²) in [6.07, 6.45) is 0. The van der Waals surface area contributed by atoms with Crippen molar-refractivity contribution in [3.8, 4) is 11.5 Å². The first-order valence-electron chi connectivity index (χ1n) is 5.89. The van der Waals surface area contributed by atoms with Crippen LogP contribution in [0.1, 0.15) is 11.1 Å².